The number of nitrogens with one attached hydrogen (secondary N) is 1. The van der Waals surface area contributed by atoms with Crippen LogP contribution in [0.4, 0.5) is 11.4 Å². The highest BCUT2D eigenvalue weighted by Gasteiger charge is 2.18. The van der Waals surface area contributed by atoms with Crippen molar-refractivity contribution in [2.75, 3.05) is 10.5 Å². The fraction of sp³-hybridized carbons (Fsp3) is 0.0833. The molecule has 4 N–H and O–H groups in total. The monoisotopic (exact) mass is 312 g/mol. The average molecular weight is 312 g/mol. The third-order valence-corrected chi connectivity index (χ3v) is 5.37. The van der Waals surface area contributed by atoms with Crippen LogP contribution in [-0.4, -0.2) is 19.5 Å². The van der Waals surface area contributed by atoms with Gasteiger partial charge in [-0.15, -0.1) is 11.3 Å². The van der Waals surface area contributed by atoms with E-state index in [0.29, 0.717) is 16.3 Å². The van der Waals surface area contributed by atoms with Crippen LogP contribution in [0.25, 0.3) is 0 Å². The Morgan fingerprint density at radius 3 is 2.60 bits per heavy atom. The van der Waals surface area contributed by atoms with E-state index in [-0.39, 0.29) is 10.6 Å². The van der Waals surface area contributed by atoms with Crippen LogP contribution in [0, 0.1) is 0 Å². The Hall–Kier alpha value is -2.06. The van der Waals surface area contributed by atoms with E-state index in [1.54, 1.807) is 24.3 Å². The first-order valence-corrected chi connectivity index (χ1v) is 7.86. The molecule has 1 heterocycles. The van der Waals surface area contributed by atoms with E-state index in [0.717, 1.165) is 11.3 Å². The van der Waals surface area contributed by atoms with Crippen LogP contribution in [0.5, 0.6) is 0 Å². The van der Waals surface area contributed by atoms with Crippen LogP contribution in [0.15, 0.2) is 40.6 Å². The molecule has 0 spiro atoms. The molecule has 0 aliphatic carbocycles. The van der Waals surface area contributed by atoms with E-state index in [2.05, 4.69) is 4.72 Å². The zero-order chi connectivity index (χ0) is 14.8. The standard InChI is InChI=1S/C12H12N2O4S2/c13-9-3-1-2-4-10(9)14-20(17,18)12-6-5-8(19-12)7-11(15)16/h1-6,14H,7,13H2,(H,15,16). The van der Waals surface area contributed by atoms with Gasteiger partial charge in [0.25, 0.3) is 10.0 Å². The van der Waals surface area contributed by atoms with Gasteiger partial charge in [-0.2, -0.15) is 0 Å². The van der Waals surface area contributed by atoms with Gasteiger partial charge < -0.3 is 10.8 Å². The molecular weight excluding hydrogens is 300 g/mol. The molecule has 1 aromatic heterocycles. The van der Waals surface area contributed by atoms with Gasteiger partial charge in [-0.25, -0.2) is 8.42 Å². The SMILES string of the molecule is Nc1ccccc1NS(=O)(=O)c1ccc(CC(=O)O)s1. The molecule has 0 atom stereocenters. The smallest absolute Gasteiger partial charge is 0.308 e. The third-order valence-electron chi connectivity index (χ3n) is 2.43. The molecule has 0 unspecified atom stereocenters. The van der Waals surface area contributed by atoms with Gasteiger partial charge in [0.2, 0.25) is 0 Å². The quantitative estimate of drug-likeness (QED) is 0.729. The van der Waals surface area contributed by atoms with Gasteiger partial charge in [0.05, 0.1) is 17.8 Å². The number of carboxylic acids is 1. The zero-order valence-electron chi connectivity index (χ0n) is 10.2. The van der Waals surface area contributed by atoms with Crippen molar-refractivity contribution in [1.29, 1.82) is 0 Å². The molecular formula is C12H12N2O4S2. The minimum Gasteiger partial charge on any atom is -0.481 e. The number of aliphatic carboxylic acids is 1. The van der Waals surface area contributed by atoms with Crippen molar-refractivity contribution < 1.29 is 18.3 Å². The second-order valence-corrected chi connectivity index (χ2v) is 7.06. The summed E-state index contributed by atoms with van der Waals surface area (Å²) in [6.07, 6.45) is -0.201. The lowest BCUT2D eigenvalue weighted by Crippen LogP contribution is -2.12. The van der Waals surface area contributed by atoms with Crippen molar-refractivity contribution in [2.24, 2.45) is 0 Å². The fourth-order valence-electron chi connectivity index (χ4n) is 1.53. The summed E-state index contributed by atoms with van der Waals surface area (Å²) < 4.78 is 26.7. The highest BCUT2D eigenvalue weighted by Crippen LogP contribution is 2.26. The Bertz CT molecular complexity index is 737. The maximum Gasteiger partial charge on any atom is 0.308 e. The molecule has 0 aliphatic heterocycles. The topological polar surface area (TPSA) is 109 Å². The van der Waals surface area contributed by atoms with Crippen molar-refractivity contribution in [3.63, 3.8) is 0 Å². The molecule has 2 aromatic rings. The number of thiophene rings is 1. The highest BCUT2D eigenvalue weighted by molar-refractivity contribution is 7.94. The van der Waals surface area contributed by atoms with E-state index in [1.165, 1.54) is 12.1 Å². The Morgan fingerprint density at radius 1 is 1.25 bits per heavy atom. The normalized spacial score (nSPS) is 11.2. The molecule has 0 fully saturated rings. The summed E-state index contributed by atoms with van der Waals surface area (Å²) >= 11 is 0.921. The molecule has 2 rings (SSSR count). The lowest BCUT2D eigenvalue weighted by Gasteiger charge is -2.08. The number of nitrogens with two attached hydrogens (primary N) is 1. The molecule has 8 heteroatoms. The summed E-state index contributed by atoms with van der Waals surface area (Å²) in [4.78, 5) is 11.1. The van der Waals surface area contributed by atoms with E-state index in [4.69, 9.17) is 10.8 Å². The number of carboxylic acid groups (broad SMARTS) is 1. The Balaban J connectivity index is 2.25. The van der Waals surface area contributed by atoms with Crippen molar-refractivity contribution in [2.45, 2.75) is 10.6 Å². The fourth-order valence-corrected chi connectivity index (χ4v) is 3.97. The van der Waals surface area contributed by atoms with Crippen molar-refractivity contribution in [3.8, 4) is 0 Å². The first-order chi connectivity index (χ1) is 9.38. The Morgan fingerprint density at radius 2 is 1.95 bits per heavy atom. The van der Waals surface area contributed by atoms with E-state index < -0.39 is 16.0 Å². The number of nitrogen functional groups attached to an aromatic ring is 1. The van der Waals surface area contributed by atoms with E-state index in [9.17, 15) is 13.2 Å². The van der Waals surface area contributed by atoms with Crippen LogP contribution in [0.2, 0.25) is 0 Å². The first kappa shape index (κ1) is 14.4. The second kappa shape index (κ2) is 5.51. The molecule has 0 bridgehead atoms. The number of benzene rings is 1. The van der Waals surface area contributed by atoms with E-state index in [1.807, 2.05) is 0 Å². The lowest BCUT2D eigenvalue weighted by molar-refractivity contribution is -0.136. The molecule has 0 aliphatic rings. The maximum absolute atomic E-state index is 12.1. The molecule has 0 radical (unpaired) electrons. The summed E-state index contributed by atoms with van der Waals surface area (Å²) in [6, 6.07) is 9.37. The number of carbonyl (C=O) groups is 1. The van der Waals surface area contributed by atoms with E-state index >= 15 is 0 Å². The molecule has 0 saturated heterocycles. The molecule has 0 amide bonds. The molecule has 6 nitrogen and oxygen atoms in total. The third kappa shape index (κ3) is 3.28. The van der Waals surface area contributed by atoms with Gasteiger partial charge in [-0.1, -0.05) is 12.1 Å². The van der Waals surface area contributed by atoms with Gasteiger partial charge in [-0.05, 0) is 24.3 Å². The number of anilines is 2. The lowest BCUT2D eigenvalue weighted by atomic mass is 10.3. The first-order valence-electron chi connectivity index (χ1n) is 5.56. The molecule has 0 saturated carbocycles. The molecule has 20 heavy (non-hydrogen) atoms. The minimum atomic E-state index is -3.76. The summed E-state index contributed by atoms with van der Waals surface area (Å²) in [5, 5.41) is 8.68. The van der Waals surface area contributed by atoms with Crippen molar-refractivity contribution in [3.05, 3.63) is 41.3 Å². The molecule has 1 aromatic carbocycles. The predicted octanol–water partition coefficient (Wildman–Crippen LogP) is 1.76. The van der Waals surface area contributed by atoms with Crippen molar-refractivity contribution >= 4 is 38.7 Å². The number of rotatable bonds is 5. The number of hydrogen-bond donors (Lipinski definition) is 3. The van der Waals surface area contributed by atoms with Gasteiger partial charge in [0, 0.05) is 4.88 Å². The second-order valence-electron chi connectivity index (χ2n) is 3.98. The van der Waals surface area contributed by atoms with Gasteiger partial charge >= 0.3 is 5.97 Å². The van der Waals surface area contributed by atoms with Gasteiger partial charge in [0.1, 0.15) is 4.21 Å². The Kier molecular flexibility index (Phi) is 3.96. The van der Waals surface area contributed by atoms with Crippen LogP contribution in [-0.2, 0) is 21.2 Å². The molecule has 106 valence electrons. The van der Waals surface area contributed by atoms with Crippen LogP contribution < -0.4 is 10.5 Å². The highest BCUT2D eigenvalue weighted by atomic mass is 32.2. The summed E-state index contributed by atoms with van der Waals surface area (Å²) in [5.41, 5.74) is 6.29. The van der Waals surface area contributed by atoms with Crippen LogP contribution >= 0.6 is 11.3 Å². The number of hydrogen-bond acceptors (Lipinski definition) is 5. The summed E-state index contributed by atoms with van der Waals surface area (Å²) in [7, 11) is -3.76. The maximum atomic E-state index is 12.1. The number of sulfonamides is 1. The van der Waals surface area contributed by atoms with Gasteiger partial charge in [-0.3, -0.25) is 9.52 Å². The summed E-state index contributed by atoms with van der Waals surface area (Å²) in [6.45, 7) is 0. The van der Waals surface area contributed by atoms with Crippen LogP contribution in [0.3, 0.4) is 0 Å². The summed E-state index contributed by atoms with van der Waals surface area (Å²) in [5.74, 6) is -1.00. The largest absolute Gasteiger partial charge is 0.481 e. The van der Waals surface area contributed by atoms with Crippen LogP contribution in [0.1, 0.15) is 4.88 Å². The van der Waals surface area contributed by atoms with Crippen molar-refractivity contribution in [1.82, 2.24) is 0 Å². The average Bonchev–Trinajstić information content (AvgIpc) is 2.80. The minimum absolute atomic E-state index is 0.0528. The Labute approximate surface area is 119 Å². The predicted molar refractivity (Wildman–Crippen MR) is 77.3 cm³/mol. The number of para-hydroxylation sites is 2. The van der Waals surface area contributed by atoms with Gasteiger partial charge in [0.15, 0.2) is 0 Å². The zero-order valence-corrected chi connectivity index (χ0v) is 11.9.